The molecule has 4 fully saturated rings. The second-order valence-corrected chi connectivity index (χ2v) is 8.49. The van der Waals surface area contributed by atoms with Gasteiger partial charge < -0.3 is 5.32 Å². The summed E-state index contributed by atoms with van der Waals surface area (Å²) >= 11 is 0. The van der Waals surface area contributed by atoms with Crippen LogP contribution in [0.4, 0.5) is 0 Å². The molecule has 0 radical (unpaired) electrons. The van der Waals surface area contributed by atoms with Gasteiger partial charge in [0.25, 0.3) is 0 Å². The van der Waals surface area contributed by atoms with Crippen LogP contribution >= 0.6 is 0 Å². The highest BCUT2D eigenvalue weighted by molar-refractivity contribution is 5.02. The number of rotatable bonds is 1. The largest absolute Gasteiger partial charge is 0.311 e. The fraction of sp³-hybridized carbons (Fsp3) is 1.00. The van der Waals surface area contributed by atoms with Crippen LogP contribution in [-0.2, 0) is 0 Å². The summed E-state index contributed by atoms with van der Waals surface area (Å²) in [5.41, 5.74) is 0. The second-order valence-electron chi connectivity index (χ2n) is 8.49. The standard InChI is InChI=1S/C19H33N/c1-13-6-2-3-7-15(13)14-10-11-19-17(12-14)16-8-4-5-9-18(16)20-19/h13-20H,2-12H2,1H3/t13-,14?,15?,16-,17+,18?,19?/m1/s1. The third-order valence-corrected chi connectivity index (χ3v) is 7.52. The van der Waals surface area contributed by atoms with Crippen LogP contribution in [0.3, 0.4) is 0 Å². The summed E-state index contributed by atoms with van der Waals surface area (Å²) in [5.74, 6) is 5.27. The van der Waals surface area contributed by atoms with Crippen LogP contribution in [0.25, 0.3) is 0 Å². The molecule has 0 bridgehead atoms. The molecule has 4 aliphatic rings. The minimum atomic E-state index is 0.901. The van der Waals surface area contributed by atoms with Crippen molar-refractivity contribution in [3.8, 4) is 0 Å². The Morgan fingerprint density at radius 3 is 2.20 bits per heavy atom. The lowest BCUT2D eigenvalue weighted by atomic mass is 9.63. The molecule has 1 nitrogen and oxygen atoms in total. The van der Waals surface area contributed by atoms with E-state index in [1.165, 1.54) is 57.8 Å². The zero-order valence-corrected chi connectivity index (χ0v) is 13.3. The van der Waals surface area contributed by atoms with Crippen molar-refractivity contribution in [3.05, 3.63) is 0 Å². The van der Waals surface area contributed by atoms with E-state index in [1.54, 1.807) is 12.8 Å². The van der Waals surface area contributed by atoms with Gasteiger partial charge in [-0.15, -0.1) is 0 Å². The zero-order chi connectivity index (χ0) is 13.5. The lowest BCUT2D eigenvalue weighted by Crippen LogP contribution is -2.38. The summed E-state index contributed by atoms with van der Waals surface area (Å²) in [5, 5.41) is 4.03. The highest BCUT2D eigenvalue weighted by Gasteiger charge is 2.47. The lowest BCUT2D eigenvalue weighted by molar-refractivity contribution is 0.0939. The Morgan fingerprint density at radius 1 is 0.650 bits per heavy atom. The Morgan fingerprint density at radius 2 is 1.35 bits per heavy atom. The Kier molecular flexibility index (Phi) is 3.83. The Bertz CT molecular complexity index is 339. The molecule has 1 heteroatoms. The molecule has 1 saturated heterocycles. The van der Waals surface area contributed by atoms with Crippen molar-refractivity contribution in [2.24, 2.45) is 29.6 Å². The topological polar surface area (TPSA) is 12.0 Å². The molecular weight excluding hydrogens is 242 g/mol. The van der Waals surface area contributed by atoms with Gasteiger partial charge in [-0.3, -0.25) is 0 Å². The Hall–Kier alpha value is -0.0400. The van der Waals surface area contributed by atoms with E-state index in [1.807, 2.05) is 0 Å². The third kappa shape index (κ3) is 2.34. The zero-order valence-electron chi connectivity index (χ0n) is 13.3. The summed E-state index contributed by atoms with van der Waals surface area (Å²) in [6, 6.07) is 1.81. The van der Waals surface area contributed by atoms with Crippen molar-refractivity contribution in [2.75, 3.05) is 0 Å². The molecule has 3 aliphatic carbocycles. The van der Waals surface area contributed by atoms with E-state index in [0.717, 1.165) is 41.7 Å². The van der Waals surface area contributed by atoms with Crippen molar-refractivity contribution in [3.63, 3.8) is 0 Å². The molecule has 0 amide bonds. The number of hydrogen-bond acceptors (Lipinski definition) is 1. The summed E-state index contributed by atoms with van der Waals surface area (Å²) < 4.78 is 0. The number of hydrogen-bond donors (Lipinski definition) is 1. The molecule has 1 aliphatic heterocycles. The minimum Gasteiger partial charge on any atom is -0.311 e. The van der Waals surface area contributed by atoms with Gasteiger partial charge in [0.05, 0.1) is 0 Å². The van der Waals surface area contributed by atoms with Crippen LogP contribution in [0.2, 0.25) is 0 Å². The van der Waals surface area contributed by atoms with E-state index < -0.39 is 0 Å². The van der Waals surface area contributed by atoms with Gasteiger partial charge in [0, 0.05) is 12.1 Å². The normalized spacial score (nSPS) is 52.4. The van der Waals surface area contributed by atoms with Crippen LogP contribution in [-0.4, -0.2) is 12.1 Å². The van der Waals surface area contributed by atoms with Crippen molar-refractivity contribution < 1.29 is 0 Å². The maximum absolute atomic E-state index is 4.03. The predicted octanol–water partition coefficient (Wildman–Crippen LogP) is 4.76. The molecule has 7 atom stereocenters. The quantitative estimate of drug-likeness (QED) is 0.727. The van der Waals surface area contributed by atoms with Crippen LogP contribution < -0.4 is 5.32 Å². The van der Waals surface area contributed by atoms with E-state index in [0.29, 0.717) is 0 Å². The van der Waals surface area contributed by atoms with Gasteiger partial charge in [0.15, 0.2) is 0 Å². The van der Waals surface area contributed by atoms with Crippen LogP contribution in [0.5, 0.6) is 0 Å². The van der Waals surface area contributed by atoms with E-state index in [2.05, 4.69) is 12.2 Å². The highest BCUT2D eigenvalue weighted by atomic mass is 15.0. The second kappa shape index (κ2) is 5.63. The summed E-state index contributed by atoms with van der Waals surface area (Å²) in [6.45, 7) is 2.55. The van der Waals surface area contributed by atoms with Gasteiger partial charge in [-0.25, -0.2) is 0 Å². The first-order valence-corrected chi connectivity index (χ1v) is 9.59. The van der Waals surface area contributed by atoms with Crippen LogP contribution in [0.15, 0.2) is 0 Å². The maximum Gasteiger partial charge on any atom is 0.0101 e. The average Bonchev–Trinajstić information content (AvgIpc) is 2.85. The van der Waals surface area contributed by atoms with Crippen molar-refractivity contribution in [1.29, 1.82) is 0 Å². The molecule has 0 aromatic carbocycles. The van der Waals surface area contributed by atoms with E-state index in [-0.39, 0.29) is 0 Å². The maximum atomic E-state index is 4.03. The van der Waals surface area contributed by atoms with Crippen LogP contribution in [0.1, 0.15) is 77.6 Å². The van der Waals surface area contributed by atoms with E-state index in [9.17, 15) is 0 Å². The summed E-state index contributed by atoms with van der Waals surface area (Å²) in [7, 11) is 0. The van der Waals surface area contributed by atoms with Gasteiger partial charge in [-0.1, -0.05) is 39.0 Å². The molecule has 4 unspecified atom stereocenters. The Labute approximate surface area is 125 Å². The molecule has 3 saturated carbocycles. The number of fused-ring (bicyclic) bond motifs is 3. The van der Waals surface area contributed by atoms with Gasteiger partial charge >= 0.3 is 0 Å². The van der Waals surface area contributed by atoms with Gasteiger partial charge in [-0.05, 0) is 68.1 Å². The lowest BCUT2D eigenvalue weighted by Gasteiger charge is -2.42. The minimum absolute atomic E-state index is 0.901. The van der Waals surface area contributed by atoms with E-state index in [4.69, 9.17) is 0 Å². The molecule has 0 spiro atoms. The fourth-order valence-electron chi connectivity index (χ4n) is 6.51. The first-order chi connectivity index (χ1) is 9.83. The van der Waals surface area contributed by atoms with Crippen molar-refractivity contribution >= 4 is 0 Å². The molecule has 4 rings (SSSR count). The van der Waals surface area contributed by atoms with Gasteiger partial charge in [-0.2, -0.15) is 0 Å². The smallest absolute Gasteiger partial charge is 0.0101 e. The Balaban J connectivity index is 1.45. The number of nitrogens with one attached hydrogen (secondary N) is 1. The fourth-order valence-corrected chi connectivity index (χ4v) is 6.51. The third-order valence-electron chi connectivity index (χ3n) is 7.52. The van der Waals surface area contributed by atoms with E-state index >= 15 is 0 Å². The molecule has 20 heavy (non-hydrogen) atoms. The molecule has 0 aromatic rings. The van der Waals surface area contributed by atoms with Gasteiger partial charge in [0.2, 0.25) is 0 Å². The summed E-state index contributed by atoms with van der Waals surface area (Å²) in [6.07, 6.45) is 16.7. The molecule has 0 aromatic heterocycles. The molecule has 1 N–H and O–H groups in total. The highest BCUT2D eigenvalue weighted by Crippen LogP contribution is 2.49. The summed E-state index contributed by atoms with van der Waals surface area (Å²) in [4.78, 5) is 0. The monoisotopic (exact) mass is 275 g/mol. The average molecular weight is 275 g/mol. The molecular formula is C19H33N. The first-order valence-electron chi connectivity index (χ1n) is 9.59. The van der Waals surface area contributed by atoms with Crippen molar-refractivity contribution in [2.45, 2.75) is 89.6 Å². The predicted molar refractivity (Wildman–Crippen MR) is 84.6 cm³/mol. The molecule has 1 heterocycles. The van der Waals surface area contributed by atoms with Crippen LogP contribution in [0, 0.1) is 29.6 Å². The SMILES string of the molecule is C[C@@H]1CCCCC1C1CCC2NC3CCCC[C@@H]3[C@@H]2C1. The van der Waals surface area contributed by atoms with Crippen molar-refractivity contribution in [1.82, 2.24) is 5.32 Å². The first kappa shape index (κ1) is 13.6. The molecule has 114 valence electrons. The van der Waals surface area contributed by atoms with Gasteiger partial charge in [0.1, 0.15) is 0 Å².